The van der Waals surface area contributed by atoms with Crippen LogP contribution in [-0.4, -0.2) is 17.4 Å². The topological polar surface area (TPSA) is 34.1 Å². The monoisotopic (exact) mass is 334 g/mol. The van der Waals surface area contributed by atoms with Gasteiger partial charge in [-0.05, 0) is 50.0 Å². The van der Waals surface area contributed by atoms with Crippen LogP contribution in [0.25, 0.3) is 0 Å². The molecule has 2 nitrogen and oxygen atoms in total. The molecule has 0 atom stereocenters. The molecule has 126 valence electrons. The van der Waals surface area contributed by atoms with E-state index in [9.17, 15) is 9.59 Å². The van der Waals surface area contributed by atoms with Crippen molar-refractivity contribution in [1.29, 1.82) is 0 Å². The summed E-state index contributed by atoms with van der Waals surface area (Å²) in [6, 6.07) is 7.54. The summed E-state index contributed by atoms with van der Waals surface area (Å²) < 4.78 is 0. The summed E-state index contributed by atoms with van der Waals surface area (Å²) in [5.41, 5.74) is 1.76. The molecule has 0 radical (unpaired) electrons. The van der Waals surface area contributed by atoms with Crippen LogP contribution in [0.2, 0.25) is 0 Å². The fourth-order valence-corrected chi connectivity index (χ4v) is 3.65. The van der Waals surface area contributed by atoms with Crippen LogP contribution in [0, 0.1) is 11.8 Å². The lowest BCUT2D eigenvalue weighted by Crippen LogP contribution is -2.23. The average molecular weight is 335 g/mol. The highest BCUT2D eigenvalue weighted by atomic mass is 35.5. The van der Waals surface area contributed by atoms with Crippen molar-refractivity contribution in [3.05, 3.63) is 35.4 Å². The maximum absolute atomic E-state index is 12.5. The standard InChI is InChI=1S/C20H27ClO2/c1-2-19(22)17-11-7-16(8-12-17)14-20(23)18-9-5-15(6-10-18)4-3-13-21/h7-8,11-12,15,18H,2-6,9-10,13-14H2,1H3/t15-,18-. The van der Waals surface area contributed by atoms with E-state index in [1.54, 1.807) is 0 Å². The summed E-state index contributed by atoms with van der Waals surface area (Å²) in [4.78, 5) is 24.1. The molecule has 1 saturated carbocycles. The number of carbonyl (C=O) groups is 2. The summed E-state index contributed by atoms with van der Waals surface area (Å²) >= 11 is 5.75. The van der Waals surface area contributed by atoms with Crippen LogP contribution in [0.3, 0.4) is 0 Å². The first-order valence-corrected chi connectivity index (χ1v) is 9.38. The molecule has 1 aliphatic carbocycles. The maximum Gasteiger partial charge on any atom is 0.162 e. The third-order valence-electron chi connectivity index (χ3n) is 5.02. The Morgan fingerprint density at radius 3 is 2.30 bits per heavy atom. The molecule has 1 aromatic rings. The van der Waals surface area contributed by atoms with E-state index in [0.29, 0.717) is 18.6 Å². The molecule has 0 unspecified atom stereocenters. The van der Waals surface area contributed by atoms with Gasteiger partial charge in [-0.25, -0.2) is 0 Å². The molecule has 23 heavy (non-hydrogen) atoms. The van der Waals surface area contributed by atoms with Crippen LogP contribution < -0.4 is 0 Å². The number of alkyl halides is 1. The van der Waals surface area contributed by atoms with Crippen molar-refractivity contribution in [2.45, 2.75) is 58.3 Å². The Hall–Kier alpha value is -1.15. The van der Waals surface area contributed by atoms with E-state index in [1.165, 1.54) is 6.42 Å². The van der Waals surface area contributed by atoms with E-state index in [1.807, 2.05) is 31.2 Å². The van der Waals surface area contributed by atoms with Gasteiger partial charge >= 0.3 is 0 Å². The molecule has 3 heteroatoms. The van der Waals surface area contributed by atoms with Gasteiger partial charge in [0.25, 0.3) is 0 Å². The van der Waals surface area contributed by atoms with Gasteiger partial charge in [-0.1, -0.05) is 31.2 Å². The second kappa shape index (κ2) is 9.22. The molecule has 2 rings (SSSR count). The number of rotatable bonds is 8. The summed E-state index contributed by atoms with van der Waals surface area (Å²) in [7, 11) is 0. The number of ketones is 2. The molecule has 0 amide bonds. The van der Waals surface area contributed by atoms with E-state index >= 15 is 0 Å². The highest BCUT2D eigenvalue weighted by Gasteiger charge is 2.25. The Bertz CT molecular complexity index is 513. The molecule has 0 N–H and O–H groups in total. The van der Waals surface area contributed by atoms with Crippen molar-refractivity contribution < 1.29 is 9.59 Å². The van der Waals surface area contributed by atoms with Crippen molar-refractivity contribution in [3.63, 3.8) is 0 Å². The van der Waals surface area contributed by atoms with Crippen LogP contribution in [0.4, 0.5) is 0 Å². The molecular formula is C20H27ClO2. The first-order valence-electron chi connectivity index (χ1n) is 8.84. The van der Waals surface area contributed by atoms with Gasteiger partial charge < -0.3 is 0 Å². The third-order valence-corrected chi connectivity index (χ3v) is 5.29. The van der Waals surface area contributed by atoms with Gasteiger partial charge in [-0.2, -0.15) is 0 Å². The Kier molecular flexibility index (Phi) is 7.29. The molecule has 0 aromatic heterocycles. The lowest BCUT2D eigenvalue weighted by Gasteiger charge is -2.27. The Morgan fingerprint density at radius 1 is 1.09 bits per heavy atom. The molecule has 1 aromatic carbocycles. The Morgan fingerprint density at radius 2 is 1.74 bits per heavy atom. The van der Waals surface area contributed by atoms with Gasteiger partial charge in [0.1, 0.15) is 5.78 Å². The van der Waals surface area contributed by atoms with E-state index in [0.717, 1.165) is 55.0 Å². The molecule has 0 heterocycles. The minimum atomic E-state index is 0.151. The molecule has 0 bridgehead atoms. The van der Waals surface area contributed by atoms with Crippen molar-refractivity contribution >= 4 is 23.2 Å². The average Bonchev–Trinajstić information content (AvgIpc) is 2.60. The second-order valence-electron chi connectivity index (χ2n) is 6.67. The van der Waals surface area contributed by atoms with Crippen LogP contribution in [-0.2, 0) is 11.2 Å². The first kappa shape index (κ1) is 18.2. The second-order valence-corrected chi connectivity index (χ2v) is 7.04. The number of benzene rings is 1. The molecular weight excluding hydrogens is 308 g/mol. The summed E-state index contributed by atoms with van der Waals surface area (Å²) in [5, 5.41) is 0. The highest BCUT2D eigenvalue weighted by Crippen LogP contribution is 2.32. The van der Waals surface area contributed by atoms with Crippen molar-refractivity contribution in [3.8, 4) is 0 Å². The predicted octanol–water partition coefficient (Wildman–Crippen LogP) is 5.22. The highest BCUT2D eigenvalue weighted by molar-refractivity contribution is 6.17. The van der Waals surface area contributed by atoms with Crippen LogP contribution in [0.5, 0.6) is 0 Å². The number of hydrogen-bond acceptors (Lipinski definition) is 2. The van der Waals surface area contributed by atoms with Gasteiger partial charge in [0.2, 0.25) is 0 Å². The van der Waals surface area contributed by atoms with Crippen LogP contribution >= 0.6 is 11.6 Å². The SMILES string of the molecule is CCC(=O)c1ccc(CC(=O)[C@H]2CC[C@H](CCCCl)CC2)cc1. The van der Waals surface area contributed by atoms with Gasteiger partial charge in [0.05, 0.1) is 0 Å². The van der Waals surface area contributed by atoms with E-state index in [-0.39, 0.29) is 11.7 Å². The molecule has 0 saturated heterocycles. The fourth-order valence-electron chi connectivity index (χ4n) is 3.50. The zero-order chi connectivity index (χ0) is 16.7. The van der Waals surface area contributed by atoms with Crippen molar-refractivity contribution in [2.75, 3.05) is 5.88 Å². The van der Waals surface area contributed by atoms with E-state index < -0.39 is 0 Å². The van der Waals surface area contributed by atoms with Gasteiger partial charge in [0.15, 0.2) is 5.78 Å². The normalized spacial score (nSPS) is 21.1. The third kappa shape index (κ3) is 5.46. The van der Waals surface area contributed by atoms with Gasteiger partial charge in [-0.3, -0.25) is 9.59 Å². The number of Topliss-reactive ketones (excluding diaryl/α,β-unsaturated/α-hetero) is 2. The largest absolute Gasteiger partial charge is 0.299 e. The molecule has 1 fully saturated rings. The molecule has 0 spiro atoms. The van der Waals surface area contributed by atoms with Crippen molar-refractivity contribution in [1.82, 2.24) is 0 Å². The number of carbonyl (C=O) groups excluding carboxylic acids is 2. The summed E-state index contributed by atoms with van der Waals surface area (Å²) in [6.45, 7) is 1.86. The Labute approximate surface area is 144 Å². The minimum Gasteiger partial charge on any atom is -0.299 e. The predicted molar refractivity (Wildman–Crippen MR) is 95.2 cm³/mol. The van der Waals surface area contributed by atoms with Crippen LogP contribution in [0.1, 0.15) is 67.8 Å². The maximum atomic E-state index is 12.5. The number of halogens is 1. The molecule has 1 aliphatic rings. The molecule has 0 aliphatic heterocycles. The van der Waals surface area contributed by atoms with Crippen LogP contribution in [0.15, 0.2) is 24.3 Å². The van der Waals surface area contributed by atoms with Gasteiger partial charge in [0, 0.05) is 30.2 Å². The summed E-state index contributed by atoms with van der Waals surface area (Å²) in [5.74, 6) is 2.24. The zero-order valence-electron chi connectivity index (χ0n) is 14.0. The Balaban J connectivity index is 1.82. The number of hydrogen-bond donors (Lipinski definition) is 0. The van der Waals surface area contributed by atoms with Crippen molar-refractivity contribution in [2.24, 2.45) is 11.8 Å². The van der Waals surface area contributed by atoms with Gasteiger partial charge in [-0.15, -0.1) is 11.6 Å². The quantitative estimate of drug-likeness (QED) is 0.482. The smallest absolute Gasteiger partial charge is 0.162 e. The lowest BCUT2D eigenvalue weighted by molar-refractivity contribution is -0.123. The zero-order valence-corrected chi connectivity index (χ0v) is 14.8. The van der Waals surface area contributed by atoms with E-state index in [2.05, 4.69) is 0 Å². The van der Waals surface area contributed by atoms with E-state index in [4.69, 9.17) is 11.6 Å². The minimum absolute atomic E-state index is 0.151. The lowest BCUT2D eigenvalue weighted by atomic mass is 9.77. The fraction of sp³-hybridized carbons (Fsp3) is 0.600. The first-order chi connectivity index (χ1) is 11.1. The summed E-state index contributed by atoms with van der Waals surface area (Å²) in [6.07, 6.45) is 7.69.